The number of thiazole rings is 1. The van der Waals surface area contributed by atoms with E-state index in [9.17, 15) is 18.0 Å². The number of aromatic nitrogens is 3. The van der Waals surface area contributed by atoms with E-state index in [1.54, 1.807) is 29.3 Å². The van der Waals surface area contributed by atoms with Gasteiger partial charge < -0.3 is 19.7 Å². The SMILES string of the molecule is O=C(c1sc(Nc2cc(C(F)(F)F)ccn2)nc1-c1ccccn1)N1CCC2(CC1)OCCO2. The summed E-state index contributed by atoms with van der Waals surface area (Å²) in [5.74, 6) is -0.863. The molecule has 0 bridgehead atoms. The number of nitrogens with zero attached hydrogens (tertiary/aromatic N) is 4. The number of anilines is 2. The number of likely N-dealkylation sites (tertiary alicyclic amines) is 1. The standard InChI is InChI=1S/C22H20F3N5O3S/c23-22(24,25)14-4-8-27-16(13-14)28-20-29-17(15-3-1-2-7-26-15)18(34-20)19(31)30-9-5-21(6-10-30)32-11-12-33-21/h1-4,7-8,13H,5-6,9-12H2,(H,27,28,29). The Bertz CT molecular complexity index is 1170. The second-order valence-corrected chi connectivity index (χ2v) is 8.86. The molecule has 0 radical (unpaired) electrons. The number of hydrogen-bond donors (Lipinski definition) is 1. The van der Waals surface area contributed by atoms with Crippen LogP contribution in [-0.4, -0.2) is 57.8 Å². The van der Waals surface area contributed by atoms with Crippen LogP contribution >= 0.6 is 11.3 Å². The van der Waals surface area contributed by atoms with E-state index in [4.69, 9.17) is 9.47 Å². The van der Waals surface area contributed by atoms with Crippen LogP contribution in [0.1, 0.15) is 28.1 Å². The van der Waals surface area contributed by atoms with Crippen LogP contribution in [0.25, 0.3) is 11.4 Å². The quantitative estimate of drug-likeness (QED) is 0.581. The van der Waals surface area contributed by atoms with Crippen molar-refractivity contribution in [3.63, 3.8) is 0 Å². The minimum atomic E-state index is -4.50. The van der Waals surface area contributed by atoms with Crippen molar-refractivity contribution in [1.29, 1.82) is 0 Å². The van der Waals surface area contributed by atoms with Gasteiger partial charge in [0.1, 0.15) is 16.4 Å². The molecule has 3 aromatic heterocycles. The second kappa shape index (κ2) is 8.93. The highest BCUT2D eigenvalue weighted by Crippen LogP contribution is 2.36. The number of alkyl halides is 3. The number of amides is 1. The van der Waals surface area contributed by atoms with Crippen molar-refractivity contribution in [3.05, 3.63) is 53.2 Å². The molecule has 0 aromatic carbocycles. The van der Waals surface area contributed by atoms with E-state index in [2.05, 4.69) is 20.3 Å². The number of pyridine rings is 2. The van der Waals surface area contributed by atoms with Gasteiger partial charge in [-0.3, -0.25) is 9.78 Å². The molecule has 2 fully saturated rings. The molecule has 1 N–H and O–H groups in total. The molecular formula is C22H20F3N5O3S. The smallest absolute Gasteiger partial charge is 0.347 e. The number of carbonyl (C=O) groups excluding carboxylic acids is 1. The maximum absolute atomic E-state index is 13.4. The maximum Gasteiger partial charge on any atom is 0.416 e. The van der Waals surface area contributed by atoms with Crippen molar-refractivity contribution in [3.8, 4) is 11.4 Å². The van der Waals surface area contributed by atoms with Crippen LogP contribution in [0.3, 0.4) is 0 Å². The zero-order valence-corrected chi connectivity index (χ0v) is 18.7. The van der Waals surface area contributed by atoms with Crippen molar-refractivity contribution >= 4 is 28.2 Å². The lowest BCUT2D eigenvalue weighted by molar-refractivity contribution is -0.181. The van der Waals surface area contributed by atoms with Gasteiger partial charge in [0.2, 0.25) is 0 Å². The maximum atomic E-state index is 13.4. The average molecular weight is 491 g/mol. The molecule has 1 amide bonds. The number of halogens is 3. The summed E-state index contributed by atoms with van der Waals surface area (Å²) < 4.78 is 50.7. The molecule has 12 heteroatoms. The third kappa shape index (κ3) is 4.61. The van der Waals surface area contributed by atoms with Gasteiger partial charge in [-0.25, -0.2) is 9.97 Å². The predicted octanol–water partition coefficient (Wildman–Crippen LogP) is 4.34. The predicted molar refractivity (Wildman–Crippen MR) is 118 cm³/mol. The summed E-state index contributed by atoms with van der Waals surface area (Å²) in [7, 11) is 0. The summed E-state index contributed by atoms with van der Waals surface area (Å²) >= 11 is 1.05. The molecule has 0 aliphatic carbocycles. The molecule has 34 heavy (non-hydrogen) atoms. The van der Waals surface area contributed by atoms with E-state index in [-0.39, 0.29) is 16.9 Å². The van der Waals surface area contributed by atoms with E-state index in [0.717, 1.165) is 29.7 Å². The van der Waals surface area contributed by atoms with Gasteiger partial charge in [-0.05, 0) is 24.3 Å². The Kier molecular flexibility index (Phi) is 5.96. The van der Waals surface area contributed by atoms with Gasteiger partial charge in [0, 0.05) is 38.3 Å². The largest absolute Gasteiger partial charge is 0.416 e. The minimum Gasteiger partial charge on any atom is -0.347 e. The van der Waals surface area contributed by atoms with Gasteiger partial charge in [0.25, 0.3) is 5.91 Å². The Labute approximate surface area is 196 Å². The molecule has 0 saturated carbocycles. The van der Waals surface area contributed by atoms with E-state index < -0.39 is 17.5 Å². The van der Waals surface area contributed by atoms with Gasteiger partial charge in [0.05, 0.1) is 24.5 Å². The Balaban J connectivity index is 1.42. The first kappa shape index (κ1) is 22.7. The number of ether oxygens (including phenoxy) is 2. The summed E-state index contributed by atoms with van der Waals surface area (Å²) in [6, 6.07) is 7.03. The molecule has 2 aliphatic rings. The number of piperidine rings is 1. The molecule has 0 unspecified atom stereocenters. The fraction of sp³-hybridized carbons (Fsp3) is 0.364. The zero-order valence-electron chi connectivity index (χ0n) is 17.8. The molecule has 2 aliphatic heterocycles. The molecule has 5 heterocycles. The Morgan fingerprint density at radius 3 is 2.53 bits per heavy atom. The monoisotopic (exact) mass is 491 g/mol. The normalized spacial score (nSPS) is 17.8. The lowest BCUT2D eigenvalue weighted by atomic mass is 10.0. The van der Waals surface area contributed by atoms with Crippen molar-refractivity contribution in [2.24, 2.45) is 0 Å². The molecule has 5 rings (SSSR count). The highest BCUT2D eigenvalue weighted by Gasteiger charge is 2.41. The molecule has 0 atom stereocenters. The van der Waals surface area contributed by atoms with Crippen LogP contribution in [0.4, 0.5) is 24.1 Å². The first-order valence-electron chi connectivity index (χ1n) is 10.6. The number of hydrogen-bond acceptors (Lipinski definition) is 8. The van der Waals surface area contributed by atoms with Gasteiger partial charge >= 0.3 is 6.18 Å². The fourth-order valence-electron chi connectivity index (χ4n) is 3.96. The Hall–Kier alpha value is -3.09. The average Bonchev–Trinajstić information content (AvgIpc) is 3.47. The van der Waals surface area contributed by atoms with Crippen LogP contribution in [0.5, 0.6) is 0 Å². The van der Waals surface area contributed by atoms with Crippen molar-refractivity contribution < 1.29 is 27.4 Å². The Morgan fingerprint density at radius 2 is 1.85 bits per heavy atom. The summed E-state index contributed by atoms with van der Waals surface area (Å²) in [5.41, 5.74) is 0.0169. The highest BCUT2D eigenvalue weighted by atomic mass is 32.1. The fourth-order valence-corrected chi connectivity index (χ4v) is 4.91. The van der Waals surface area contributed by atoms with Crippen LogP contribution in [0, 0.1) is 0 Å². The molecule has 1 spiro atoms. The summed E-state index contributed by atoms with van der Waals surface area (Å²) in [6.07, 6.45) is -0.711. The first-order chi connectivity index (χ1) is 16.3. The molecule has 8 nitrogen and oxygen atoms in total. The summed E-state index contributed by atoms with van der Waals surface area (Å²) in [5, 5.41) is 3.04. The number of carbonyl (C=O) groups is 1. The topological polar surface area (TPSA) is 89.5 Å². The lowest BCUT2D eigenvalue weighted by Gasteiger charge is -2.37. The van der Waals surface area contributed by atoms with E-state index in [1.165, 1.54) is 0 Å². The van der Waals surface area contributed by atoms with E-state index in [1.807, 2.05) is 0 Å². The molecular weight excluding hydrogens is 471 g/mol. The van der Waals surface area contributed by atoms with Crippen molar-refractivity contribution in [2.75, 3.05) is 31.6 Å². The van der Waals surface area contributed by atoms with Gasteiger partial charge in [0.15, 0.2) is 10.9 Å². The van der Waals surface area contributed by atoms with Crippen LogP contribution < -0.4 is 5.32 Å². The first-order valence-corrected chi connectivity index (χ1v) is 11.4. The third-order valence-corrected chi connectivity index (χ3v) is 6.64. The van der Waals surface area contributed by atoms with Crippen molar-refractivity contribution in [2.45, 2.75) is 24.8 Å². The third-order valence-electron chi connectivity index (χ3n) is 5.68. The second-order valence-electron chi connectivity index (χ2n) is 7.86. The minimum absolute atomic E-state index is 0.0226. The van der Waals surface area contributed by atoms with E-state index in [0.29, 0.717) is 55.4 Å². The van der Waals surface area contributed by atoms with E-state index >= 15 is 0 Å². The number of nitrogens with one attached hydrogen (secondary N) is 1. The zero-order chi connectivity index (χ0) is 23.8. The summed E-state index contributed by atoms with van der Waals surface area (Å²) in [4.78, 5) is 28.2. The summed E-state index contributed by atoms with van der Waals surface area (Å²) in [6.45, 7) is 2.00. The molecule has 3 aromatic rings. The van der Waals surface area contributed by atoms with Crippen LogP contribution in [0.15, 0.2) is 42.7 Å². The van der Waals surface area contributed by atoms with Gasteiger partial charge in [-0.15, -0.1) is 0 Å². The van der Waals surface area contributed by atoms with Gasteiger partial charge in [-0.2, -0.15) is 13.2 Å². The van der Waals surface area contributed by atoms with Crippen LogP contribution in [0.2, 0.25) is 0 Å². The number of rotatable bonds is 4. The molecule has 2 saturated heterocycles. The molecule has 178 valence electrons. The van der Waals surface area contributed by atoms with Crippen molar-refractivity contribution in [1.82, 2.24) is 19.9 Å². The van der Waals surface area contributed by atoms with Gasteiger partial charge in [-0.1, -0.05) is 17.4 Å². The highest BCUT2D eigenvalue weighted by molar-refractivity contribution is 7.18. The Morgan fingerprint density at radius 1 is 1.09 bits per heavy atom. The van der Waals surface area contributed by atoms with Crippen LogP contribution in [-0.2, 0) is 15.7 Å². The lowest BCUT2D eigenvalue weighted by Crippen LogP contribution is -2.47.